The molecule has 0 N–H and O–H groups in total. The van der Waals surface area contributed by atoms with Gasteiger partial charge in [0, 0.05) is 5.56 Å². The van der Waals surface area contributed by atoms with E-state index in [-0.39, 0.29) is 63.2 Å². The molecule has 0 aromatic heterocycles. The maximum absolute atomic E-state index is 12.6. The van der Waals surface area contributed by atoms with Gasteiger partial charge in [-0.25, -0.2) is 4.39 Å². The van der Waals surface area contributed by atoms with Crippen LogP contribution in [0.25, 0.3) is 0 Å². The van der Waals surface area contributed by atoms with Gasteiger partial charge in [-0.3, -0.25) is 4.79 Å². The van der Waals surface area contributed by atoms with E-state index in [1.54, 1.807) is 0 Å². The molecule has 70 valence electrons. The number of hydrogen-bond donors (Lipinski definition) is 0. The molecule has 1 rings (SSSR count). The summed E-state index contributed by atoms with van der Waals surface area (Å²) >= 11 is 0. The van der Waals surface area contributed by atoms with Crippen molar-refractivity contribution in [3.05, 3.63) is 29.6 Å². The summed E-state index contributed by atoms with van der Waals surface area (Å²) in [5.74, 6) is -1.35. The van der Waals surface area contributed by atoms with E-state index in [0.29, 0.717) is 12.1 Å². The molecular formula is C7H4BF4KO. The zero-order valence-corrected chi connectivity index (χ0v) is 10.4. The van der Waals surface area contributed by atoms with Crippen molar-refractivity contribution in [2.75, 3.05) is 0 Å². The summed E-state index contributed by atoms with van der Waals surface area (Å²) in [6.45, 7) is -5.39. The van der Waals surface area contributed by atoms with Crippen LogP contribution in [0.2, 0.25) is 0 Å². The van der Waals surface area contributed by atoms with Crippen LogP contribution in [0.4, 0.5) is 17.3 Å². The molecule has 0 aliphatic heterocycles. The predicted molar refractivity (Wildman–Crippen MR) is 40.5 cm³/mol. The third kappa shape index (κ3) is 3.47. The summed E-state index contributed by atoms with van der Waals surface area (Å²) in [7, 11) is 0. The fraction of sp³-hybridized carbons (Fsp3) is 0. The van der Waals surface area contributed by atoms with Gasteiger partial charge >= 0.3 is 58.4 Å². The molecule has 0 heterocycles. The first-order valence-electron chi connectivity index (χ1n) is 3.39. The van der Waals surface area contributed by atoms with Crippen LogP contribution in [0.5, 0.6) is 0 Å². The number of aldehydes is 1. The first-order valence-corrected chi connectivity index (χ1v) is 3.39. The molecule has 0 amide bonds. The first-order chi connectivity index (χ1) is 5.95. The molecule has 0 saturated carbocycles. The van der Waals surface area contributed by atoms with E-state index in [0.717, 1.165) is 6.07 Å². The minimum absolute atomic E-state index is 0. The Morgan fingerprint density at radius 2 is 1.79 bits per heavy atom. The molecule has 0 unspecified atom stereocenters. The molecule has 0 atom stereocenters. The Kier molecular flexibility index (Phi) is 5.53. The molecule has 1 nitrogen and oxygen atoms in total. The number of carbonyl (C=O) groups excluding carboxylic acids is 1. The fourth-order valence-corrected chi connectivity index (χ4v) is 0.886. The second-order valence-corrected chi connectivity index (χ2v) is 2.47. The summed E-state index contributed by atoms with van der Waals surface area (Å²) in [6.07, 6.45) is 0.241. The second kappa shape index (κ2) is 5.41. The average Bonchev–Trinajstić information content (AvgIpc) is 2.03. The largest absolute Gasteiger partial charge is 1.00 e. The molecule has 0 aliphatic rings. The van der Waals surface area contributed by atoms with Crippen LogP contribution in [-0.4, -0.2) is 13.3 Å². The molecule has 0 aliphatic carbocycles. The Balaban J connectivity index is 0.00000169. The molecule has 0 bridgehead atoms. The van der Waals surface area contributed by atoms with Crippen molar-refractivity contribution in [2.24, 2.45) is 0 Å². The molecule has 1 aromatic rings. The Labute approximate surface area is 120 Å². The van der Waals surface area contributed by atoms with Crippen LogP contribution in [0, 0.1) is 5.82 Å². The zero-order valence-electron chi connectivity index (χ0n) is 7.31. The van der Waals surface area contributed by atoms with E-state index in [1.165, 1.54) is 0 Å². The van der Waals surface area contributed by atoms with Gasteiger partial charge in [0.1, 0.15) is 6.29 Å². The molecular weight excluding hydrogens is 226 g/mol. The minimum Gasteiger partial charge on any atom is -0.445 e. The number of halogens is 4. The molecule has 0 spiro atoms. The van der Waals surface area contributed by atoms with Crippen LogP contribution in [-0.2, 0) is 0 Å². The Morgan fingerprint density at radius 1 is 1.21 bits per heavy atom. The molecule has 14 heavy (non-hydrogen) atoms. The SMILES string of the molecule is O=Cc1ccc(F)c([B-](F)(F)F)c1.[K+]. The number of hydrogen-bond acceptors (Lipinski definition) is 1. The summed E-state index contributed by atoms with van der Waals surface area (Å²) < 4.78 is 48.8. The first kappa shape index (κ1) is 14.3. The predicted octanol–water partition coefficient (Wildman–Crippen LogP) is -1.30. The monoisotopic (exact) mass is 230 g/mol. The van der Waals surface area contributed by atoms with E-state index in [2.05, 4.69) is 0 Å². The zero-order chi connectivity index (χ0) is 10.1. The second-order valence-electron chi connectivity index (χ2n) is 2.47. The van der Waals surface area contributed by atoms with Gasteiger partial charge in [-0.15, -0.1) is 0 Å². The molecule has 7 heteroatoms. The van der Waals surface area contributed by atoms with Gasteiger partial charge in [-0.1, -0.05) is 11.5 Å². The molecule has 0 saturated heterocycles. The summed E-state index contributed by atoms with van der Waals surface area (Å²) in [4.78, 5) is 10.1. The Morgan fingerprint density at radius 3 is 2.21 bits per heavy atom. The quantitative estimate of drug-likeness (QED) is 0.350. The van der Waals surface area contributed by atoms with Gasteiger partial charge in [0.2, 0.25) is 0 Å². The van der Waals surface area contributed by atoms with E-state index >= 15 is 0 Å². The molecule has 0 radical (unpaired) electrons. The average molecular weight is 230 g/mol. The van der Waals surface area contributed by atoms with Crippen LogP contribution < -0.4 is 56.8 Å². The Hall–Kier alpha value is 0.311. The van der Waals surface area contributed by atoms with Crippen LogP contribution in [0.1, 0.15) is 10.4 Å². The van der Waals surface area contributed by atoms with Gasteiger partial charge in [0.15, 0.2) is 0 Å². The number of rotatable bonds is 2. The van der Waals surface area contributed by atoms with Crippen molar-refractivity contribution in [3.8, 4) is 0 Å². The van der Waals surface area contributed by atoms with Gasteiger partial charge in [0.05, 0.1) is 5.82 Å². The van der Waals surface area contributed by atoms with Gasteiger partial charge in [-0.2, -0.15) is 0 Å². The maximum Gasteiger partial charge on any atom is 1.00 e. The molecule has 1 aromatic carbocycles. The van der Waals surface area contributed by atoms with Crippen LogP contribution in [0.15, 0.2) is 18.2 Å². The summed E-state index contributed by atoms with van der Waals surface area (Å²) in [6, 6.07) is 2.13. The maximum atomic E-state index is 12.6. The molecule has 0 fully saturated rings. The van der Waals surface area contributed by atoms with E-state index < -0.39 is 18.3 Å². The number of benzene rings is 1. The fourth-order valence-electron chi connectivity index (χ4n) is 0.886. The van der Waals surface area contributed by atoms with Crippen LogP contribution >= 0.6 is 0 Å². The number of carbonyl (C=O) groups is 1. The van der Waals surface area contributed by atoms with Crippen molar-refractivity contribution in [1.82, 2.24) is 0 Å². The van der Waals surface area contributed by atoms with E-state index in [4.69, 9.17) is 0 Å². The summed E-state index contributed by atoms with van der Waals surface area (Å²) in [5.41, 5.74) is -1.54. The summed E-state index contributed by atoms with van der Waals surface area (Å²) in [5, 5.41) is 0. The van der Waals surface area contributed by atoms with Crippen molar-refractivity contribution in [3.63, 3.8) is 0 Å². The van der Waals surface area contributed by atoms with Crippen molar-refractivity contribution >= 4 is 18.7 Å². The van der Waals surface area contributed by atoms with Gasteiger partial charge in [-0.05, 0) is 12.1 Å². The topological polar surface area (TPSA) is 17.1 Å². The van der Waals surface area contributed by atoms with E-state index in [1.807, 2.05) is 0 Å². The van der Waals surface area contributed by atoms with E-state index in [9.17, 15) is 22.1 Å². The van der Waals surface area contributed by atoms with Gasteiger partial charge in [0.25, 0.3) is 0 Å². The smallest absolute Gasteiger partial charge is 0.445 e. The van der Waals surface area contributed by atoms with Gasteiger partial charge < -0.3 is 12.9 Å². The van der Waals surface area contributed by atoms with Crippen molar-refractivity contribution < 1.29 is 73.5 Å². The van der Waals surface area contributed by atoms with Crippen molar-refractivity contribution in [2.45, 2.75) is 0 Å². The standard InChI is InChI=1S/C7H4BF4O.K/c9-7-2-1-5(4-13)3-6(7)8(10,11)12;/h1-4H;/q-1;+1. The Bertz CT molecular complexity index is 339. The minimum atomic E-state index is -5.39. The normalized spacial score (nSPS) is 10.6. The third-order valence-electron chi connectivity index (χ3n) is 1.51. The third-order valence-corrected chi connectivity index (χ3v) is 1.51. The van der Waals surface area contributed by atoms with Crippen molar-refractivity contribution in [1.29, 1.82) is 0 Å². The van der Waals surface area contributed by atoms with Crippen LogP contribution in [0.3, 0.4) is 0 Å².